The molecule has 1 saturated carbocycles. The fraction of sp³-hybridized carbons (Fsp3) is 0.471. The summed E-state index contributed by atoms with van der Waals surface area (Å²) in [5, 5.41) is 4.48. The van der Waals surface area contributed by atoms with E-state index in [1.807, 2.05) is 22.8 Å². The average molecular weight is 296 g/mol. The lowest BCUT2D eigenvalue weighted by Gasteiger charge is -2.17. The summed E-state index contributed by atoms with van der Waals surface area (Å²) in [6.45, 7) is 1.67. The molecule has 1 fully saturated rings. The lowest BCUT2D eigenvalue weighted by Crippen LogP contribution is -2.27. The van der Waals surface area contributed by atoms with Crippen LogP contribution in [-0.4, -0.2) is 22.0 Å². The second-order valence-corrected chi connectivity index (χ2v) is 6.14. The van der Waals surface area contributed by atoms with E-state index in [1.54, 1.807) is 0 Å². The van der Waals surface area contributed by atoms with E-state index in [1.165, 1.54) is 6.42 Å². The summed E-state index contributed by atoms with van der Waals surface area (Å²) < 4.78 is 2.03. The fourth-order valence-corrected chi connectivity index (χ4v) is 3.50. The van der Waals surface area contributed by atoms with Crippen molar-refractivity contribution in [3.8, 4) is 0 Å². The van der Waals surface area contributed by atoms with Crippen molar-refractivity contribution in [3.05, 3.63) is 29.9 Å². The van der Waals surface area contributed by atoms with Gasteiger partial charge in [-0.05, 0) is 25.0 Å². The molecule has 0 atom stereocenters. The van der Waals surface area contributed by atoms with Gasteiger partial charge in [-0.15, -0.1) is 0 Å². The molecule has 0 unspecified atom stereocenters. The second-order valence-electron chi connectivity index (χ2n) is 6.14. The molecule has 5 heteroatoms. The molecule has 1 N–H and O–H groups in total. The van der Waals surface area contributed by atoms with Gasteiger partial charge in [0.1, 0.15) is 5.82 Å². The number of rotatable bonds is 1. The van der Waals surface area contributed by atoms with E-state index in [9.17, 15) is 4.79 Å². The predicted molar refractivity (Wildman–Crippen MR) is 85.4 cm³/mol. The molecule has 0 bridgehead atoms. The first-order chi connectivity index (χ1) is 10.8. The monoisotopic (exact) mass is 296 g/mol. The Morgan fingerprint density at radius 3 is 2.91 bits per heavy atom. The van der Waals surface area contributed by atoms with Crippen LogP contribution in [0.3, 0.4) is 0 Å². The first kappa shape index (κ1) is 13.5. The Morgan fingerprint density at radius 1 is 1.23 bits per heavy atom. The molecular weight excluding hydrogens is 276 g/mol. The Labute approximate surface area is 129 Å². The second kappa shape index (κ2) is 5.55. The highest BCUT2D eigenvalue weighted by molar-refractivity contribution is 5.89. The van der Waals surface area contributed by atoms with Crippen molar-refractivity contribution < 1.29 is 4.79 Å². The van der Waals surface area contributed by atoms with Gasteiger partial charge in [0.05, 0.1) is 5.52 Å². The van der Waals surface area contributed by atoms with Gasteiger partial charge in [0.25, 0.3) is 5.91 Å². The highest BCUT2D eigenvalue weighted by Crippen LogP contribution is 2.25. The summed E-state index contributed by atoms with van der Waals surface area (Å²) in [7, 11) is 0. The van der Waals surface area contributed by atoms with Crippen LogP contribution in [0.4, 0.5) is 5.82 Å². The lowest BCUT2D eigenvalue weighted by atomic mass is 9.89. The van der Waals surface area contributed by atoms with Gasteiger partial charge < -0.3 is 5.32 Å². The molecule has 5 nitrogen and oxygen atoms in total. The summed E-state index contributed by atoms with van der Waals surface area (Å²) in [4.78, 5) is 21.5. The number of para-hydroxylation sites is 1. The summed E-state index contributed by atoms with van der Waals surface area (Å²) in [5.74, 6) is 1.12. The Kier molecular flexibility index (Phi) is 3.41. The van der Waals surface area contributed by atoms with E-state index >= 15 is 0 Å². The zero-order valence-corrected chi connectivity index (χ0v) is 12.6. The zero-order valence-electron chi connectivity index (χ0n) is 12.6. The number of nitrogens with one attached hydrogen (secondary N) is 1. The number of hydrogen-bond donors (Lipinski definition) is 1. The van der Waals surface area contributed by atoms with Crippen molar-refractivity contribution in [1.82, 2.24) is 9.55 Å². The van der Waals surface area contributed by atoms with Crippen LogP contribution in [0.15, 0.2) is 29.3 Å². The van der Waals surface area contributed by atoms with Crippen molar-refractivity contribution in [1.29, 1.82) is 0 Å². The summed E-state index contributed by atoms with van der Waals surface area (Å²) >= 11 is 0. The summed E-state index contributed by atoms with van der Waals surface area (Å²) in [5.41, 5.74) is 1.44. The Hall–Kier alpha value is -2.17. The average Bonchev–Trinajstić information content (AvgIpc) is 3.06. The molecular formula is C17H20N4O. The maximum atomic E-state index is 12.5. The highest BCUT2D eigenvalue weighted by atomic mass is 16.1. The first-order valence-electron chi connectivity index (χ1n) is 8.15. The van der Waals surface area contributed by atoms with Gasteiger partial charge in [-0.1, -0.05) is 31.4 Å². The number of benzene rings is 1. The van der Waals surface area contributed by atoms with Crippen molar-refractivity contribution in [2.45, 2.75) is 38.6 Å². The van der Waals surface area contributed by atoms with Gasteiger partial charge in [0.2, 0.25) is 5.62 Å². The number of hydrogen-bond acceptors (Lipinski definition) is 3. The minimum atomic E-state index is 0.00378. The third-order valence-corrected chi connectivity index (χ3v) is 4.68. The number of fused-ring (bicyclic) bond motifs is 3. The van der Waals surface area contributed by atoms with Crippen LogP contribution in [0.25, 0.3) is 10.9 Å². The molecule has 1 amide bonds. The van der Waals surface area contributed by atoms with E-state index < -0.39 is 0 Å². The SMILES string of the molecule is O=C(N=c1nc2ccccc2c2n1CCN2)C1CCCCC1. The molecule has 2 aliphatic rings. The van der Waals surface area contributed by atoms with Gasteiger partial charge in [-0.2, -0.15) is 4.99 Å². The van der Waals surface area contributed by atoms with Crippen molar-refractivity contribution >= 4 is 22.6 Å². The largest absolute Gasteiger partial charge is 0.369 e. The zero-order chi connectivity index (χ0) is 14.9. The lowest BCUT2D eigenvalue weighted by molar-refractivity contribution is -0.122. The first-order valence-corrected chi connectivity index (χ1v) is 8.15. The predicted octanol–water partition coefficient (Wildman–Crippen LogP) is 2.47. The smallest absolute Gasteiger partial charge is 0.252 e. The molecule has 1 aromatic heterocycles. The van der Waals surface area contributed by atoms with E-state index in [0.29, 0.717) is 5.62 Å². The van der Waals surface area contributed by atoms with Crippen LogP contribution >= 0.6 is 0 Å². The van der Waals surface area contributed by atoms with E-state index in [0.717, 1.165) is 55.5 Å². The maximum Gasteiger partial charge on any atom is 0.252 e. The van der Waals surface area contributed by atoms with Gasteiger partial charge in [-0.3, -0.25) is 9.36 Å². The molecule has 1 aromatic carbocycles. The van der Waals surface area contributed by atoms with E-state index in [4.69, 9.17) is 0 Å². The number of carbonyl (C=O) groups excluding carboxylic acids is 1. The molecule has 22 heavy (non-hydrogen) atoms. The van der Waals surface area contributed by atoms with E-state index in [2.05, 4.69) is 21.4 Å². The molecule has 4 rings (SSSR count). The molecule has 0 saturated heterocycles. The molecule has 1 aliphatic carbocycles. The van der Waals surface area contributed by atoms with Crippen LogP contribution in [0.1, 0.15) is 32.1 Å². The molecule has 114 valence electrons. The van der Waals surface area contributed by atoms with Gasteiger partial charge >= 0.3 is 0 Å². The van der Waals surface area contributed by atoms with Gasteiger partial charge in [0.15, 0.2) is 0 Å². The standard InChI is InChI=1S/C17H20N4O/c22-16(12-6-2-1-3-7-12)20-17-19-14-9-5-4-8-13(14)15-18-10-11-21(15)17/h4-5,8-9,12,18H,1-3,6-7,10-11H2. The number of carbonyl (C=O) groups is 1. The Bertz CT molecular complexity index is 787. The topological polar surface area (TPSA) is 59.3 Å². The van der Waals surface area contributed by atoms with Crippen LogP contribution in [0.2, 0.25) is 0 Å². The summed E-state index contributed by atoms with van der Waals surface area (Å²) in [6, 6.07) is 8.00. The van der Waals surface area contributed by atoms with Crippen LogP contribution in [0, 0.1) is 5.92 Å². The molecule has 2 aromatic rings. The minimum absolute atomic E-state index is 0.00378. The van der Waals surface area contributed by atoms with E-state index in [-0.39, 0.29) is 11.8 Å². The van der Waals surface area contributed by atoms with Gasteiger partial charge in [0, 0.05) is 24.4 Å². The molecule has 2 heterocycles. The van der Waals surface area contributed by atoms with Crippen molar-refractivity contribution in [3.63, 3.8) is 0 Å². The number of amides is 1. The minimum Gasteiger partial charge on any atom is -0.369 e. The van der Waals surface area contributed by atoms with Crippen LogP contribution < -0.4 is 10.9 Å². The maximum absolute atomic E-state index is 12.5. The molecule has 0 radical (unpaired) electrons. The Balaban J connectivity index is 1.81. The fourth-order valence-electron chi connectivity index (χ4n) is 3.50. The molecule has 1 aliphatic heterocycles. The third-order valence-electron chi connectivity index (χ3n) is 4.68. The van der Waals surface area contributed by atoms with Crippen molar-refractivity contribution in [2.24, 2.45) is 10.9 Å². The number of aromatic nitrogens is 2. The normalized spacial score (nSPS) is 19.2. The van der Waals surface area contributed by atoms with Crippen LogP contribution in [-0.2, 0) is 11.3 Å². The van der Waals surface area contributed by atoms with Crippen LogP contribution in [0.5, 0.6) is 0 Å². The number of anilines is 1. The quantitative estimate of drug-likeness (QED) is 0.879. The molecule has 0 spiro atoms. The summed E-state index contributed by atoms with van der Waals surface area (Å²) in [6.07, 6.45) is 5.47. The highest BCUT2D eigenvalue weighted by Gasteiger charge is 2.22. The third kappa shape index (κ3) is 2.30. The van der Waals surface area contributed by atoms with Gasteiger partial charge in [-0.25, -0.2) is 4.98 Å². The Morgan fingerprint density at radius 2 is 2.05 bits per heavy atom. The van der Waals surface area contributed by atoms with Crippen molar-refractivity contribution in [2.75, 3.05) is 11.9 Å². The number of nitrogens with zero attached hydrogens (tertiary/aromatic N) is 3.